The number of amides is 1. The summed E-state index contributed by atoms with van der Waals surface area (Å²) in [5.41, 5.74) is 1.76. The summed E-state index contributed by atoms with van der Waals surface area (Å²) in [6, 6.07) is 14.5. The number of nitrogens with zero attached hydrogens (tertiary/aromatic N) is 1. The van der Waals surface area contributed by atoms with Crippen LogP contribution in [0.2, 0.25) is 5.02 Å². The van der Waals surface area contributed by atoms with Crippen LogP contribution in [0.3, 0.4) is 0 Å². The van der Waals surface area contributed by atoms with Gasteiger partial charge < -0.3 is 19.9 Å². The monoisotopic (exact) mass is 516 g/mol. The molecule has 2 aromatic carbocycles. The van der Waals surface area contributed by atoms with Gasteiger partial charge in [-0.3, -0.25) is 4.79 Å². The Hall–Kier alpha value is -2.94. The molecule has 35 heavy (non-hydrogen) atoms. The van der Waals surface area contributed by atoms with Gasteiger partial charge in [-0.25, -0.2) is 9.78 Å². The largest absolute Gasteiger partial charge is 0.494 e. The minimum atomic E-state index is -1.15. The molecule has 0 spiro atoms. The van der Waals surface area contributed by atoms with Crippen LogP contribution in [0, 0.1) is 6.92 Å². The predicted octanol–water partition coefficient (Wildman–Crippen LogP) is 5.56. The fourth-order valence-electron chi connectivity index (χ4n) is 3.64. The molecule has 3 rings (SSSR count). The van der Waals surface area contributed by atoms with E-state index in [0.29, 0.717) is 28.0 Å². The molecule has 2 unspecified atom stereocenters. The number of carboxylic acid groups (broad SMARTS) is 1. The van der Waals surface area contributed by atoms with Crippen LogP contribution < -0.4 is 10.1 Å². The number of aliphatic carboxylic acids is 1. The van der Waals surface area contributed by atoms with E-state index in [1.165, 1.54) is 11.3 Å². The van der Waals surface area contributed by atoms with E-state index in [4.69, 9.17) is 21.1 Å². The van der Waals surface area contributed by atoms with Crippen molar-refractivity contribution in [2.45, 2.75) is 45.8 Å². The molecule has 0 bridgehead atoms. The van der Waals surface area contributed by atoms with Gasteiger partial charge in [-0.05, 0) is 51.5 Å². The maximum atomic E-state index is 13.1. The smallest absolute Gasteiger partial charge is 0.333 e. The van der Waals surface area contributed by atoms with Crippen LogP contribution in [0.5, 0.6) is 5.75 Å². The number of benzene rings is 2. The number of carboxylic acids is 1. The molecule has 0 aliphatic heterocycles. The molecule has 1 aromatic heterocycles. The van der Waals surface area contributed by atoms with E-state index in [1.807, 2.05) is 32.0 Å². The lowest BCUT2D eigenvalue weighted by atomic mass is 9.92. The first-order valence-corrected chi connectivity index (χ1v) is 12.5. The van der Waals surface area contributed by atoms with Crippen molar-refractivity contribution in [3.05, 3.63) is 69.7 Å². The van der Waals surface area contributed by atoms with Gasteiger partial charge in [0.05, 0.1) is 17.7 Å². The fourth-order valence-corrected chi connectivity index (χ4v) is 4.87. The van der Waals surface area contributed by atoms with E-state index in [2.05, 4.69) is 10.3 Å². The Kier molecular flexibility index (Phi) is 9.26. The molecule has 2 atom stereocenters. The molecular weight excluding hydrogens is 488 g/mol. The highest BCUT2D eigenvalue weighted by atomic mass is 35.5. The molecule has 0 aliphatic rings. The third-order valence-electron chi connectivity index (χ3n) is 5.25. The number of ether oxygens (including phenoxy) is 2. The predicted molar refractivity (Wildman–Crippen MR) is 138 cm³/mol. The quantitative estimate of drug-likeness (QED) is 0.346. The molecule has 1 amide bonds. The summed E-state index contributed by atoms with van der Waals surface area (Å²) in [5.74, 6) is -1.43. The van der Waals surface area contributed by atoms with E-state index in [9.17, 15) is 14.7 Å². The minimum absolute atomic E-state index is 0.0505. The Morgan fingerprint density at radius 1 is 1.14 bits per heavy atom. The summed E-state index contributed by atoms with van der Waals surface area (Å²) >= 11 is 7.67. The highest BCUT2D eigenvalue weighted by Crippen LogP contribution is 2.33. The second-order valence-corrected chi connectivity index (χ2v) is 9.78. The van der Waals surface area contributed by atoms with Gasteiger partial charge >= 0.3 is 5.97 Å². The van der Waals surface area contributed by atoms with E-state index in [0.717, 1.165) is 10.4 Å². The third kappa shape index (κ3) is 6.81. The number of thiazole rings is 1. The summed E-state index contributed by atoms with van der Waals surface area (Å²) in [6.45, 7) is 7.84. The maximum Gasteiger partial charge on any atom is 0.333 e. The van der Waals surface area contributed by atoms with Gasteiger partial charge in [0.25, 0.3) is 5.91 Å². The van der Waals surface area contributed by atoms with Crippen LogP contribution in [-0.4, -0.2) is 47.3 Å². The molecular formula is C26H29ClN2O5S. The number of carbonyl (C=O) groups excluding carboxylic acids is 1. The summed E-state index contributed by atoms with van der Waals surface area (Å²) < 4.78 is 11.2. The van der Waals surface area contributed by atoms with Gasteiger partial charge in [-0.1, -0.05) is 41.9 Å². The molecule has 2 N–H and O–H groups in total. The summed E-state index contributed by atoms with van der Waals surface area (Å²) in [4.78, 5) is 30.4. The standard InChI is InChI=1S/C26H29ClN2O5S/c1-5-33-18-12-10-17(11-13-18)20(23(26(31)32)34-15(2)3)14-28-24(30)22-16(4)35-25(29-22)19-8-6-7-9-21(19)27/h6-13,15,20,23H,5,14H2,1-4H3,(H,28,30)(H,31,32). The van der Waals surface area contributed by atoms with Crippen LogP contribution in [0.4, 0.5) is 0 Å². The van der Waals surface area contributed by atoms with Crippen molar-refractivity contribution in [3.8, 4) is 16.3 Å². The van der Waals surface area contributed by atoms with Gasteiger partial charge in [-0.15, -0.1) is 11.3 Å². The molecule has 0 fully saturated rings. The van der Waals surface area contributed by atoms with Gasteiger partial charge in [-0.2, -0.15) is 0 Å². The van der Waals surface area contributed by atoms with Crippen molar-refractivity contribution in [2.75, 3.05) is 13.2 Å². The maximum absolute atomic E-state index is 13.1. The van der Waals surface area contributed by atoms with E-state index < -0.39 is 18.0 Å². The fraction of sp³-hybridized carbons (Fsp3) is 0.346. The third-order valence-corrected chi connectivity index (χ3v) is 6.58. The van der Waals surface area contributed by atoms with Crippen molar-refractivity contribution < 1.29 is 24.2 Å². The van der Waals surface area contributed by atoms with Crippen LogP contribution >= 0.6 is 22.9 Å². The van der Waals surface area contributed by atoms with Crippen LogP contribution in [0.1, 0.15) is 47.6 Å². The lowest BCUT2D eigenvalue weighted by Crippen LogP contribution is -2.40. The highest BCUT2D eigenvalue weighted by Gasteiger charge is 2.32. The van der Waals surface area contributed by atoms with Crippen molar-refractivity contribution in [3.63, 3.8) is 0 Å². The van der Waals surface area contributed by atoms with E-state index in [1.54, 1.807) is 44.2 Å². The average molecular weight is 517 g/mol. The Balaban J connectivity index is 1.84. The number of rotatable bonds is 11. The van der Waals surface area contributed by atoms with Crippen molar-refractivity contribution in [1.82, 2.24) is 10.3 Å². The minimum Gasteiger partial charge on any atom is -0.494 e. The first kappa shape index (κ1) is 26.7. The van der Waals surface area contributed by atoms with Crippen molar-refractivity contribution in [2.24, 2.45) is 0 Å². The van der Waals surface area contributed by atoms with Crippen molar-refractivity contribution in [1.29, 1.82) is 0 Å². The number of halogens is 1. The van der Waals surface area contributed by atoms with Gasteiger partial charge in [0.2, 0.25) is 0 Å². The number of nitrogens with one attached hydrogen (secondary N) is 1. The average Bonchev–Trinajstić information content (AvgIpc) is 3.20. The number of aryl methyl sites for hydroxylation is 1. The lowest BCUT2D eigenvalue weighted by molar-refractivity contribution is -0.155. The Morgan fingerprint density at radius 2 is 1.83 bits per heavy atom. The van der Waals surface area contributed by atoms with Gasteiger partial charge in [0.15, 0.2) is 6.10 Å². The zero-order chi connectivity index (χ0) is 25.5. The Bertz CT molecular complexity index is 1160. The molecule has 3 aromatic rings. The summed E-state index contributed by atoms with van der Waals surface area (Å²) in [7, 11) is 0. The SMILES string of the molecule is CCOc1ccc(C(CNC(=O)c2nc(-c3ccccc3Cl)sc2C)C(OC(C)C)C(=O)O)cc1. The summed E-state index contributed by atoms with van der Waals surface area (Å²) in [5, 5.41) is 14.0. The molecule has 7 nitrogen and oxygen atoms in total. The van der Waals surface area contributed by atoms with Crippen LogP contribution in [0.15, 0.2) is 48.5 Å². The Morgan fingerprint density at radius 3 is 2.43 bits per heavy atom. The second-order valence-electron chi connectivity index (χ2n) is 8.17. The first-order chi connectivity index (χ1) is 16.7. The van der Waals surface area contributed by atoms with Crippen molar-refractivity contribution >= 4 is 34.8 Å². The molecule has 0 aliphatic carbocycles. The number of aromatic nitrogens is 1. The lowest BCUT2D eigenvalue weighted by Gasteiger charge is -2.26. The molecule has 0 saturated carbocycles. The highest BCUT2D eigenvalue weighted by molar-refractivity contribution is 7.15. The summed E-state index contributed by atoms with van der Waals surface area (Å²) in [6.07, 6.45) is -1.46. The van der Waals surface area contributed by atoms with E-state index in [-0.39, 0.29) is 24.2 Å². The first-order valence-electron chi connectivity index (χ1n) is 11.3. The zero-order valence-corrected chi connectivity index (χ0v) is 21.7. The van der Waals surface area contributed by atoms with E-state index >= 15 is 0 Å². The second kappa shape index (κ2) is 12.2. The van der Waals surface area contributed by atoms with Crippen LogP contribution in [-0.2, 0) is 9.53 Å². The Labute approximate surface area is 214 Å². The normalized spacial score (nSPS) is 12.9. The molecule has 186 valence electrons. The molecule has 0 saturated heterocycles. The number of hydrogen-bond acceptors (Lipinski definition) is 6. The number of hydrogen-bond donors (Lipinski definition) is 2. The molecule has 9 heteroatoms. The zero-order valence-electron chi connectivity index (χ0n) is 20.1. The number of carbonyl (C=O) groups is 2. The van der Waals surface area contributed by atoms with Gasteiger partial charge in [0.1, 0.15) is 16.5 Å². The molecule has 1 heterocycles. The van der Waals surface area contributed by atoms with Crippen LogP contribution in [0.25, 0.3) is 10.6 Å². The topological polar surface area (TPSA) is 97.8 Å². The molecule has 0 radical (unpaired) electrons. The van der Waals surface area contributed by atoms with Gasteiger partial charge in [0, 0.05) is 22.9 Å².